The molecule has 22 heavy (non-hydrogen) atoms. The van der Waals surface area contributed by atoms with E-state index in [4.69, 9.17) is 10.5 Å². The first-order valence-electron chi connectivity index (χ1n) is 6.51. The lowest BCUT2D eigenvalue weighted by atomic mass is 10.1. The van der Waals surface area contributed by atoms with Crippen LogP contribution in [0.5, 0.6) is 11.5 Å². The Kier molecular flexibility index (Phi) is 5.11. The van der Waals surface area contributed by atoms with Crippen molar-refractivity contribution in [3.8, 4) is 11.5 Å². The van der Waals surface area contributed by atoms with Crippen molar-refractivity contribution in [1.82, 2.24) is 0 Å². The van der Waals surface area contributed by atoms with E-state index in [1.165, 1.54) is 24.9 Å². The van der Waals surface area contributed by atoms with Gasteiger partial charge in [0.2, 0.25) is 6.54 Å². The maximum absolute atomic E-state index is 11.0. The summed E-state index contributed by atoms with van der Waals surface area (Å²) < 4.78 is 5.06. The highest BCUT2D eigenvalue weighted by molar-refractivity contribution is 7.99. The van der Waals surface area contributed by atoms with Crippen LogP contribution in [0.3, 0.4) is 0 Å². The summed E-state index contributed by atoms with van der Waals surface area (Å²) in [5.74, 6) is 0.280. The van der Waals surface area contributed by atoms with Crippen LogP contribution in [-0.4, -0.2) is 23.7 Å². The maximum atomic E-state index is 11.0. The number of phenols is 1. The van der Waals surface area contributed by atoms with Crippen molar-refractivity contribution in [2.45, 2.75) is 10.1 Å². The Balaban J connectivity index is 2.34. The topological polar surface area (TPSA) is 98.6 Å². The number of ether oxygens (including phenoxy) is 1. The number of thioether (sulfide) groups is 1. The summed E-state index contributed by atoms with van der Waals surface area (Å²) in [7, 11) is 1.43. The Morgan fingerprint density at radius 3 is 2.73 bits per heavy atom. The standard InChI is InChI=1S/C15H16N2O4S/c1-21-13-8-10(6-7-12(13)18)15(9-17(19)20)22-14-5-3-2-4-11(14)16/h2-8,15,18H,9,16H2,1H3. The minimum Gasteiger partial charge on any atom is -0.504 e. The van der Waals surface area contributed by atoms with E-state index in [1.807, 2.05) is 18.2 Å². The second kappa shape index (κ2) is 7.04. The van der Waals surface area contributed by atoms with E-state index < -0.39 is 5.25 Å². The molecule has 6 nitrogen and oxygen atoms in total. The highest BCUT2D eigenvalue weighted by Gasteiger charge is 2.21. The third-order valence-corrected chi connectivity index (χ3v) is 4.41. The van der Waals surface area contributed by atoms with E-state index >= 15 is 0 Å². The fraction of sp³-hybridized carbons (Fsp3) is 0.200. The molecule has 0 bridgehead atoms. The van der Waals surface area contributed by atoms with Gasteiger partial charge in [0.25, 0.3) is 0 Å². The first-order valence-corrected chi connectivity index (χ1v) is 7.39. The molecule has 0 saturated heterocycles. The van der Waals surface area contributed by atoms with Crippen molar-refractivity contribution < 1.29 is 14.8 Å². The van der Waals surface area contributed by atoms with Crippen LogP contribution in [0.25, 0.3) is 0 Å². The zero-order chi connectivity index (χ0) is 16.1. The summed E-state index contributed by atoms with van der Waals surface area (Å²) in [6.45, 7) is -0.257. The molecule has 1 unspecified atom stereocenters. The third-order valence-electron chi connectivity index (χ3n) is 3.08. The van der Waals surface area contributed by atoms with Crippen molar-refractivity contribution >= 4 is 17.4 Å². The Bertz CT molecular complexity index is 678. The molecule has 1 atom stereocenters. The number of nitrogen functional groups attached to an aromatic ring is 1. The quantitative estimate of drug-likeness (QED) is 0.367. The van der Waals surface area contributed by atoms with Gasteiger partial charge in [0.15, 0.2) is 11.5 Å². The third kappa shape index (κ3) is 3.82. The van der Waals surface area contributed by atoms with Gasteiger partial charge in [-0.1, -0.05) is 18.2 Å². The zero-order valence-electron chi connectivity index (χ0n) is 11.9. The molecule has 0 aromatic heterocycles. The number of para-hydroxylation sites is 1. The molecular formula is C15H16N2O4S. The number of phenolic OH excluding ortho intramolecular Hbond substituents is 1. The number of rotatable bonds is 6. The van der Waals surface area contributed by atoms with Gasteiger partial charge in [-0.15, -0.1) is 11.8 Å². The molecule has 0 spiro atoms. The number of nitro groups is 1. The van der Waals surface area contributed by atoms with Gasteiger partial charge in [0.05, 0.1) is 12.4 Å². The van der Waals surface area contributed by atoms with Gasteiger partial charge in [0.1, 0.15) is 0 Å². The van der Waals surface area contributed by atoms with Gasteiger partial charge in [-0.05, 0) is 29.8 Å². The maximum Gasteiger partial charge on any atom is 0.220 e. The van der Waals surface area contributed by atoms with E-state index in [-0.39, 0.29) is 23.0 Å². The number of methoxy groups -OCH3 is 1. The Morgan fingerprint density at radius 2 is 2.09 bits per heavy atom. The van der Waals surface area contributed by atoms with Gasteiger partial charge < -0.3 is 15.6 Å². The highest BCUT2D eigenvalue weighted by atomic mass is 32.2. The average molecular weight is 320 g/mol. The number of nitrogens with two attached hydrogens (primary N) is 1. The summed E-state index contributed by atoms with van der Waals surface area (Å²) in [6.07, 6.45) is 0. The first kappa shape index (κ1) is 16.0. The predicted molar refractivity (Wildman–Crippen MR) is 86.0 cm³/mol. The number of hydrogen-bond donors (Lipinski definition) is 2. The molecule has 2 rings (SSSR count). The number of nitrogens with zero attached hydrogens (tertiary/aromatic N) is 1. The van der Waals surface area contributed by atoms with Crippen LogP contribution in [-0.2, 0) is 0 Å². The Morgan fingerprint density at radius 1 is 1.36 bits per heavy atom. The van der Waals surface area contributed by atoms with E-state index in [9.17, 15) is 15.2 Å². The molecule has 7 heteroatoms. The Hall–Kier alpha value is -2.41. The molecule has 0 aliphatic rings. The number of hydrogen-bond acceptors (Lipinski definition) is 6. The first-order chi connectivity index (χ1) is 10.5. The van der Waals surface area contributed by atoms with Crippen LogP contribution in [0.2, 0.25) is 0 Å². The van der Waals surface area contributed by atoms with Gasteiger partial charge in [0, 0.05) is 15.5 Å². The van der Waals surface area contributed by atoms with Crippen LogP contribution in [0, 0.1) is 10.1 Å². The van der Waals surface area contributed by atoms with E-state index in [1.54, 1.807) is 18.2 Å². The van der Waals surface area contributed by atoms with Crippen molar-refractivity contribution in [3.05, 3.63) is 58.1 Å². The second-order valence-electron chi connectivity index (χ2n) is 4.59. The lowest BCUT2D eigenvalue weighted by Crippen LogP contribution is -2.10. The van der Waals surface area contributed by atoms with Crippen molar-refractivity contribution in [3.63, 3.8) is 0 Å². The SMILES string of the molecule is COc1cc(C(C[N+](=O)[O-])Sc2ccccc2N)ccc1O. The van der Waals surface area contributed by atoms with Gasteiger partial charge in [-0.2, -0.15) is 0 Å². The lowest BCUT2D eigenvalue weighted by Gasteiger charge is -2.15. The summed E-state index contributed by atoms with van der Waals surface area (Å²) >= 11 is 1.32. The van der Waals surface area contributed by atoms with Crippen LogP contribution >= 0.6 is 11.8 Å². The molecule has 0 saturated carbocycles. The van der Waals surface area contributed by atoms with E-state index in [2.05, 4.69) is 0 Å². The predicted octanol–water partition coefficient (Wildman–Crippen LogP) is 3.09. The number of aromatic hydroxyl groups is 1. The fourth-order valence-corrected chi connectivity index (χ4v) is 3.13. The van der Waals surface area contributed by atoms with Crippen LogP contribution in [0.1, 0.15) is 10.8 Å². The molecule has 0 heterocycles. The summed E-state index contributed by atoms with van der Waals surface area (Å²) in [4.78, 5) is 11.4. The molecular weight excluding hydrogens is 304 g/mol. The zero-order valence-corrected chi connectivity index (χ0v) is 12.7. The van der Waals surface area contributed by atoms with Crippen LogP contribution < -0.4 is 10.5 Å². The minimum absolute atomic E-state index is 0.00433. The molecule has 0 amide bonds. The molecule has 0 radical (unpaired) electrons. The molecule has 2 aromatic rings. The molecule has 0 aliphatic heterocycles. The van der Waals surface area contributed by atoms with Crippen molar-refractivity contribution in [2.24, 2.45) is 0 Å². The van der Waals surface area contributed by atoms with Crippen molar-refractivity contribution in [2.75, 3.05) is 19.4 Å². The highest BCUT2D eigenvalue weighted by Crippen LogP contribution is 2.40. The lowest BCUT2D eigenvalue weighted by molar-refractivity contribution is -0.479. The monoisotopic (exact) mass is 320 g/mol. The van der Waals surface area contributed by atoms with Gasteiger partial charge in [-0.3, -0.25) is 10.1 Å². The van der Waals surface area contributed by atoms with E-state index in [0.717, 1.165) is 4.90 Å². The molecule has 116 valence electrons. The number of anilines is 1. The molecule has 0 aliphatic carbocycles. The van der Waals surface area contributed by atoms with E-state index in [0.29, 0.717) is 11.3 Å². The van der Waals surface area contributed by atoms with Gasteiger partial charge in [-0.25, -0.2) is 0 Å². The Labute approximate surface area is 132 Å². The minimum atomic E-state index is -0.436. The van der Waals surface area contributed by atoms with Crippen LogP contribution in [0.15, 0.2) is 47.4 Å². The summed E-state index contributed by atoms with van der Waals surface area (Å²) in [5.41, 5.74) is 7.17. The fourth-order valence-electron chi connectivity index (χ4n) is 1.98. The molecule has 0 fully saturated rings. The second-order valence-corrected chi connectivity index (χ2v) is 5.84. The largest absolute Gasteiger partial charge is 0.504 e. The number of benzene rings is 2. The normalized spacial score (nSPS) is 11.9. The average Bonchev–Trinajstić information content (AvgIpc) is 2.49. The van der Waals surface area contributed by atoms with Crippen LogP contribution in [0.4, 0.5) is 5.69 Å². The molecule has 2 aromatic carbocycles. The summed E-state index contributed by atoms with van der Waals surface area (Å²) in [6, 6.07) is 11.9. The van der Waals surface area contributed by atoms with Crippen molar-refractivity contribution in [1.29, 1.82) is 0 Å². The smallest absolute Gasteiger partial charge is 0.220 e. The molecule has 3 N–H and O–H groups in total. The summed E-state index contributed by atoms with van der Waals surface area (Å²) in [5, 5.41) is 20.2. The van der Waals surface area contributed by atoms with Gasteiger partial charge >= 0.3 is 0 Å².